The molecule has 0 heterocycles. The molecule has 0 aliphatic rings. The standard InChI is InChI=1S/C22H41NO11S2Si/c1-9-18(25)33-11-17(24)12-34-20(27)21(2,3)10-16(13-35-15-37(8,31-6)32-7)19(26)23-22(4,5)14-36(28,29)30/h9,16-17,24H,1,10-15H2,2-8H3,(H,23,26)(H,28,29,30). The first-order chi connectivity index (χ1) is 16.8. The van der Waals surface area contributed by atoms with Gasteiger partial charge in [0, 0.05) is 37.3 Å². The molecule has 0 saturated carbocycles. The maximum Gasteiger partial charge on any atom is 0.344 e. The highest BCUT2D eigenvalue weighted by atomic mass is 32.2. The van der Waals surface area contributed by atoms with Gasteiger partial charge in [-0.25, -0.2) is 4.79 Å². The highest BCUT2D eigenvalue weighted by molar-refractivity contribution is 8.00. The van der Waals surface area contributed by atoms with E-state index < -0.39 is 71.9 Å². The lowest BCUT2D eigenvalue weighted by atomic mass is 9.82. The van der Waals surface area contributed by atoms with Gasteiger partial charge in [-0.05, 0) is 40.7 Å². The quantitative estimate of drug-likeness (QED) is 0.0902. The van der Waals surface area contributed by atoms with E-state index in [0.29, 0.717) is 5.38 Å². The number of aliphatic hydroxyl groups excluding tert-OH is 1. The lowest BCUT2D eigenvalue weighted by Crippen LogP contribution is -2.51. The topological polar surface area (TPSA) is 175 Å². The van der Waals surface area contributed by atoms with Gasteiger partial charge in [-0.1, -0.05) is 6.58 Å². The third-order valence-electron chi connectivity index (χ3n) is 5.22. The number of hydrogen-bond donors (Lipinski definition) is 3. The summed E-state index contributed by atoms with van der Waals surface area (Å²) >= 11 is 1.40. The van der Waals surface area contributed by atoms with Gasteiger partial charge in [0.25, 0.3) is 10.1 Å². The molecular formula is C22H41NO11S2Si. The van der Waals surface area contributed by atoms with Crippen molar-refractivity contribution in [3.8, 4) is 0 Å². The first kappa shape index (κ1) is 35.5. The SMILES string of the molecule is C=CC(=O)OCC(O)COC(=O)C(C)(C)CC(CSC[Si](C)(OC)OC)C(=O)NC(C)(C)CS(=O)(=O)O. The Hall–Kier alpha value is -1.49. The summed E-state index contributed by atoms with van der Waals surface area (Å²) in [5.74, 6) is -3.09. The summed E-state index contributed by atoms with van der Waals surface area (Å²) in [5, 5.41) is 13.0. The number of ether oxygens (including phenoxy) is 2. The Kier molecular flexibility index (Phi) is 14.6. The van der Waals surface area contributed by atoms with Gasteiger partial charge in [-0.15, -0.1) is 0 Å². The molecule has 0 bridgehead atoms. The third kappa shape index (κ3) is 14.9. The zero-order valence-electron chi connectivity index (χ0n) is 22.6. The molecule has 0 fully saturated rings. The molecule has 2 unspecified atom stereocenters. The highest BCUT2D eigenvalue weighted by Crippen LogP contribution is 2.30. The highest BCUT2D eigenvalue weighted by Gasteiger charge is 2.38. The van der Waals surface area contributed by atoms with Crippen molar-refractivity contribution in [1.82, 2.24) is 5.32 Å². The summed E-state index contributed by atoms with van der Waals surface area (Å²) in [4.78, 5) is 37.1. The van der Waals surface area contributed by atoms with Crippen LogP contribution in [0.15, 0.2) is 12.7 Å². The predicted molar refractivity (Wildman–Crippen MR) is 142 cm³/mol. The van der Waals surface area contributed by atoms with Crippen molar-refractivity contribution >= 4 is 48.3 Å². The summed E-state index contributed by atoms with van der Waals surface area (Å²) in [5.41, 5.74) is -2.44. The Morgan fingerprint density at radius 1 is 1.11 bits per heavy atom. The molecule has 0 aromatic carbocycles. The second-order valence-corrected chi connectivity index (χ2v) is 16.5. The van der Waals surface area contributed by atoms with Crippen LogP contribution < -0.4 is 5.32 Å². The first-order valence-corrected chi connectivity index (χ1v) is 16.7. The molecule has 216 valence electrons. The Morgan fingerprint density at radius 3 is 2.14 bits per heavy atom. The molecule has 2 atom stereocenters. The molecule has 0 aromatic heterocycles. The predicted octanol–water partition coefficient (Wildman–Crippen LogP) is 1.07. The molecule has 0 spiro atoms. The zero-order valence-corrected chi connectivity index (χ0v) is 25.2. The molecule has 15 heteroatoms. The van der Waals surface area contributed by atoms with Gasteiger partial charge in [0.2, 0.25) is 5.91 Å². The lowest BCUT2D eigenvalue weighted by Gasteiger charge is -2.31. The van der Waals surface area contributed by atoms with Crippen LogP contribution in [0.2, 0.25) is 6.55 Å². The molecule has 1 amide bonds. The van der Waals surface area contributed by atoms with Crippen molar-refractivity contribution in [2.24, 2.45) is 11.3 Å². The largest absolute Gasteiger partial charge is 0.462 e. The van der Waals surface area contributed by atoms with Gasteiger partial charge in [0.1, 0.15) is 19.3 Å². The van der Waals surface area contributed by atoms with Gasteiger partial charge < -0.3 is 28.7 Å². The van der Waals surface area contributed by atoms with Crippen LogP contribution >= 0.6 is 11.8 Å². The van der Waals surface area contributed by atoms with E-state index in [0.717, 1.165) is 6.08 Å². The second-order valence-electron chi connectivity index (χ2n) is 10.0. The van der Waals surface area contributed by atoms with E-state index in [-0.39, 0.29) is 18.8 Å². The maximum absolute atomic E-state index is 13.2. The Morgan fingerprint density at radius 2 is 1.65 bits per heavy atom. The normalized spacial score (nSPS) is 14.4. The van der Waals surface area contributed by atoms with E-state index in [1.54, 1.807) is 28.1 Å². The molecule has 0 aliphatic carbocycles. The Balaban J connectivity index is 5.46. The van der Waals surface area contributed by atoms with Gasteiger partial charge in [-0.3, -0.25) is 14.1 Å². The van der Waals surface area contributed by atoms with Crippen molar-refractivity contribution in [2.75, 3.05) is 44.3 Å². The Labute approximate surface area is 224 Å². The summed E-state index contributed by atoms with van der Waals surface area (Å²) in [6.07, 6.45) is -0.274. The van der Waals surface area contributed by atoms with Crippen molar-refractivity contribution in [1.29, 1.82) is 0 Å². The number of nitrogens with one attached hydrogen (secondary N) is 1. The van der Waals surface area contributed by atoms with Crippen molar-refractivity contribution < 1.29 is 50.8 Å². The van der Waals surface area contributed by atoms with Crippen LogP contribution in [-0.2, 0) is 42.8 Å². The van der Waals surface area contributed by atoms with Crippen LogP contribution in [0.1, 0.15) is 34.1 Å². The lowest BCUT2D eigenvalue weighted by molar-refractivity contribution is -0.160. The summed E-state index contributed by atoms with van der Waals surface area (Å²) in [6.45, 7) is 10.4. The number of esters is 2. The minimum Gasteiger partial charge on any atom is -0.462 e. The van der Waals surface area contributed by atoms with Crippen LogP contribution in [-0.4, -0.2) is 100 Å². The number of carbonyl (C=O) groups excluding carboxylic acids is 3. The van der Waals surface area contributed by atoms with Crippen LogP contribution in [0.4, 0.5) is 0 Å². The summed E-state index contributed by atoms with van der Waals surface area (Å²) in [6, 6.07) is 0. The van der Waals surface area contributed by atoms with E-state index >= 15 is 0 Å². The smallest absolute Gasteiger partial charge is 0.344 e. The monoisotopic (exact) mass is 587 g/mol. The fourth-order valence-electron chi connectivity index (χ4n) is 3.09. The molecule has 0 rings (SSSR count). The fraction of sp³-hybridized carbons (Fsp3) is 0.773. The average Bonchev–Trinajstić information content (AvgIpc) is 2.77. The summed E-state index contributed by atoms with van der Waals surface area (Å²) < 4.78 is 52.8. The van der Waals surface area contributed by atoms with E-state index in [9.17, 15) is 32.5 Å². The summed E-state index contributed by atoms with van der Waals surface area (Å²) in [7, 11) is -3.71. The number of thioether (sulfide) groups is 1. The zero-order chi connectivity index (χ0) is 29.1. The van der Waals surface area contributed by atoms with Crippen molar-refractivity contribution in [3.05, 3.63) is 12.7 Å². The van der Waals surface area contributed by atoms with Crippen molar-refractivity contribution in [3.63, 3.8) is 0 Å². The molecule has 12 nitrogen and oxygen atoms in total. The second kappa shape index (κ2) is 15.2. The van der Waals surface area contributed by atoms with Gasteiger partial charge in [-0.2, -0.15) is 20.2 Å². The number of hydrogen-bond acceptors (Lipinski definition) is 11. The minimum atomic E-state index is -4.35. The van der Waals surface area contributed by atoms with E-state index in [1.165, 1.54) is 25.6 Å². The van der Waals surface area contributed by atoms with E-state index in [2.05, 4.69) is 11.9 Å². The van der Waals surface area contributed by atoms with E-state index in [1.807, 2.05) is 6.55 Å². The third-order valence-corrected chi connectivity index (χ3v) is 11.6. The maximum atomic E-state index is 13.2. The molecule has 0 radical (unpaired) electrons. The van der Waals surface area contributed by atoms with Crippen LogP contribution in [0.5, 0.6) is 0 Å². The first-order valence-electron chi connectivity index (χ1n) is 11.4. The number of amides is 1. The molecule has 0 aromatic rings. The molecule has 0 aliphatic heterocycles. The van der Waals surface area contributed by atoms with E-state index in [4.69, 9.17) is 18.3 Å². The van der Waals surface area contributed by atoms with Gasteiger partial charge in [0.15, 0.2) is 0 Å². The van der Waals surface area contributed by atoms with Crippen LogP contribution in [0.25, 0.3) is 0 Å². The van der Waals surface area contributed by atoms with Crippen molar-refractivity contribution in [2.45, 2.75) is 52.3 Å². The average molecular weight is 588 g/mol. The van der Waals surface area contributed by atoms with Gasteiger partial charge in [0.05, 0.1) is 16.7 Å². The Bertz CT molecular complexity index is 889. The number of aliphatic hydroxyl groups is 1. The molecule has 0 saturated heterocycles. The fourth-order valence-corrected chi connectivity index (χ4v) is 7.70. The number of carbonyl (C=O) groups is 3. The van der Waals surface area contributed by atoms with Gasteiger partial charge >= 0.3 is 20.5 Å². The van der Waals surface area contributed by atoms with Crippen LogP contribution in [0, 0.1) is 11.3 Å². The molecule has 3 N–H and O–H groups in total. The molecule has 37 heavy (non-hydrogen) atoms. The number of rotatable bonds is 18. The van der Waals surface area contributed by atoms with Crippen LogP contribution in [0.3, 0.4) is 0 Å². The molecular weight excluding hydrogens is 546 g/mol. The minimum absolute atomic E-state index is 0.0341.